The number of pyridine rings is 1. The Kier molecular flexibility index (Phi) is 9.06. The van der Waals surface area contributed by atoms with Gasteiger partial charge in [-0.1, -0.05) is 60.3 Å². The van der Waals surface area contributed by atoms with E-state index in [0.717, 1.165) is 36.5 Å². The Hall–Kier alpha value is -2.18. The van der Waals surface area contributed by atoms with Crippen molar-refractivity contribution in [1.82, 2.24) is 19.8 Å². The van der Waals surface area contributed by atoms with Crippen molar-refractivity contribution in [2.45, 2.75) is 78.7 Å². The first-order chi connectivity index (χ1) is 14.3. The first-order valence-corrected chi connectivity index (χ1v) is 11.2. The second-order valence-corrected chi connectivity index (χ2v) is 8.94. The molecule has 6 heteroatoms. The largest absolute Gasteiger partial charge is 0.302 e. The second-order valence-electron chi connectivity index (χ2n) is 8.94. The highest BCUT2D eigenvalue weighted by molar-refractivity contribution is 5.90. The number of hydroxylamine groups is 1. The van der Waals surface area contributed by atoms with E-state index in [-0.39, 0.29) is 5.41 Å². The fourth-order valence-electron chi connectivity index (χ4n) is 3.68. The minimum atomic E-state index is -0.549. The topological polar surface area (TPSA) is 69.9 Å². The molecule has 0 aliphatic carbocycles. The fourth-order valence-corrected chi connectivity index (χ4v) is 3.68. The number of amides is 1. The van der Waals surface area contributed by atoms with Crippen molar-refractivity contribution in [3.05, 3.63) is 41.4 Å². The number of nitrogens with one attached hydrogen (secondary N) is 1. The molecule has 0 aromatic carbocycles. The molecule has 0 atom stereocenters. The molecular weight excluding hydrogens is 376 g/mol. The van der Waals surface area contributed by atoms with Crippen LogP contribution in [0.3, 0.4) is 0 Å². The van der Waals surface area contributed by atoms with Gasteiger partial charge in [0.2, 0.25) is 0 Å². The lowest BCUT2D eigenvalue weighted by molar-refractivity contribution is -0.124. The average molecular weight is 415 g/mol. The summed E-state index contributed by atoms with van der Waals surface area (Å²) in [5.41, 5.74) is 5.64. The second kappa shape index (κ2) is 11.3. The number of hydrogen-bond acceptors (Lipinski definition) is 4. The molecule has 2 aromatic rings. The third-order valence-electron chi connectivity index (χ3n) is 5.40. The van der Waals surface area contributed by atoms with Crippen molar-refractivity contribution in [1.29, 1.82) is 0 Å². The van der Waals surface area contributed by atoms with Crippen LogP contribution in [0.25, 0.3) is 11.7 Å². The predicted molar refractivity (Wildman–Crippen MR) is 123 cm³/mol. The van der Waals surface area contributed by atoms with Gasteiger partial charge in [0.15, 0.2) is 0 Å². The van der Waals surface area contributed by atoms with Gasteiger partial charge in [-0.05, 0) is 43.3 Å². The monoisotopic (exact) mass is 414 g/mol. The van der Waals surface area contributed by atoms with E-state index in [4.69, 9.17) is 10.2 Å². The van der Waals surface area contributed by atoms with Crippen LogP contribution >= 0.6 is 0 Å². The van der Waals surface area contributed by atoms with Crippen molar-refractivity contribution in [3.63, 3.8) is 0 Å². The quantitative estimate of drug-likeness (QED) is 0.236. The molecule has 2 aromatic heterocycles. The Morgan fingerprint density at radius 3 is 2.60 bits per heavy atom. The molecule has 0 fully saturated rings. The minimum absolute atomic E-state index is 0.0608. The maximum Gasteiger partial charge on any atom is 0.267 e. The SMILES string of the molecule is CCCCCCCN(CC)Cc1c(C(C)(C)C)nc2cc(C=CC(=O)NO)ccn12. The summed E-state index contributed by atoms with van der Waals surface area (Å²) in [6.07, 6.45) is 11.4. The van der Waals surface area contributed by atoms with Gasteiger partial charge in [-0.15, -0.1) is 0 Å². The smallest absolute Gasteiger partial charge is 0.267 e. The molecule has 0 aliphatic heterocycles. The van der Waals surface area contributed by atoms with Crippen molar-refractivity contribution < 1.29 is 10.0 Å². The van der Waals surface area contributed by atoms with Gasteiger partial charge in [-0.3, -0.25) is 14.9 Å². The highest BCUT2D eigenvalue weighted by Crippen LogP contribution is 2.28. The van der Waals surface area contributed by atoms with Crippen LogP contribution in [-0.2, 0) is 16.8 Å². The molecule has 0 spiro atoms. The zero-order valence-electron chi connectivity index (χ0n) is 19.2. The van der Waals surface area contributed by atoms with Gasteiger partial charge in [-0.2, -0.15) is 0 Å². The molecule has 0 aliphatic rings. The van der Waals surface area contributed by atoms with E-state index in [1.165, 1.54) is 43.9 Å². The number of carbonyl (C=O) groups is 1. The lowest BCUT2D eigenvalue weighted by atomic mass is 9.90. The van der Waals surface area contributed by atoms with E-state index < -0.39 is 5.91 Å². The van der Waals surface area contributed by atoms with Gasteiger partial charge in [0.1, 0.15) is 5.65 Å². The number of nitrogens with zero attached hydrogens (tertiary/aromatic N) is 3. The highest BCUT2D eigenvalue weighted by atomic mass is 16.5. The molecule has 0 saturated carbocycles. The minimum Gasteiger partial charge on any atom is -0.302 e. The molecule has 0 bridgehead atoms. The van der Waals surface area contributed by atoms with Crippen molar-refractivity contribution in [2.75, 3.05) is 13.1 Å². The van der Waals surface area contributed by atoms with E-state index in [0.29, 0.717) is 0 Å². The van der Waals surface area contributed by atoms with Gasteiger partial charge in [0.05, 0.1) is 11.4 Å². The average Bonchev–Trinajstić information content (AvgIpc) is 3.08. The number of rotatable bonds is 11. The maximum atomic E-state index is 11.3. The van der Waals surface area contributed by atoms with E-state index in [9.17, 15) is 4.79 Å². The van der Waals surface area contributed by atoms with Crippen molar-refractivity contribution >= 4 is 17.6 Å². The molecule has 0 radical (unpaired) electrons. The molecular formula is C24H38N4O2. The normalized spacial score (nSPS) is 12.4. The zero-order chi connectivity index (χ0) is 22.1. The number of unbranched alkanes of at least 4 members (excludes halogenated alkanes) is 4. The van der Waals surface area contributed by atoms with E-state index in [1.54, 1.807) is 11.6 Å². The van der Waals surface area contributed by atoms with Gasteiger partial charge in [0.25, 0.3) is 5.91 Å². The van der Waals surface area contributed by atoms with Crippen LogP contribution < -0.4 is 5.48 Å². The van der Waals surface area contributed by atoms with Crippen LogP contribution in [0.4, 0.5) is 0 Å². The molecule has 2 rings (SSSR count). The standard InChI is InChI=1S/C24H38N4O2/c1-6-8-9-10-11-15-27(7-2)18-20-23(24(3,4)5)25-21-17-19(14-16-28(20)21)12-13-22(29)26-30/h12-14,16-17,30H,6-11,15,18H2,1-5H3,(H,26,29). The zero-order valence-corrected chi connectivity index (χ0v) is 19.2. The Balaban J connectivity index is 2.27. The Bertz CT molecular complexity index is 849. The van der Waals surface area contributed by atoms with Gasteiger partial charge < -0.3 is 4.40 Å². The first-order valence-electron chi connectivity index (χ1n) is 11.2. The first kappa shape index (κ1) is 24.1. The number of fused-ring (bicyclic) bond motifs is 1. The van der Waals surface area contributed by atoms with Crippen LogP contribution in [0.5, 0.6) is 0 Å². The lowest BCUT2D eigenvalue weighted by Crippen LogP contribution is -2.27. The lowest BCUT2D eigenvalue weighted by Gasteiger charge is -2.24. The molecule has 0 unspecified atom stereocenters. The maximum absolute atomic E-state index is 11.3. The summed E-state index contributed by atoms with van der Waals surface area (Å²) >= 11 is 0. The van der Waals surface area contributed by atoms with E-state index in [2.05, 4.69) is 43.9 Å². The molecule has 30 heavy (non-hydrogen) atoms. The summed E-state index contributed by atoms with van der Waals surface area (Å²) in [6.45, 7) is 14.1. The van der Waals surface area contributed by atoms with Gasteiger partial charge >= 0.3 is 0 Å². The van der Waals surface area contributed by atoms with Crippen LogP contribution in [0.2, 0.25) is 0 Å². The Morgan fingerprint density at radius 1 is 1.23 bits per heavy atom. The van der Waals surface area contributed by atoms with E-state index in [1.807, 2.05) is 18.3 Å². The third kappa shape index (κ3) is 6.67. The van der Waals surface area contributed by atoms with Gasteiger partial charge in [-0.25, -0.2) is 10.5 Å². The van der Waals surface area contributed by atoms with Crippen LogP contribution in [0, 0.1) is 0 Å². The Morgan fingerprint density at radius 2 is 1.97 bits per heavy atom. The molecule has 2 N–H and O–H groups in total. The van der Waals surface area contributed by atoms with Crippen LogP contribution in [0.15, 0.2) is 24.4 Å². The number of aromatic nitrogens is 2. The Labute approximate surface area is 181 Å². The molecule has 6 nitrogen and oxygen atoms in total. The summed E-state index contributed by atoms with van der Waals surface area (Å²) in [4.78, 5) is 18.7. The predicted octanol–water partition coefficient (Wildman–Crippen LogP) is 4.94. The van der Waals surface area contributed by atoms with Crippen LogP contribution in [-0.4, -0.2) is 38.5 Å². The number of imidazole rings is 1. The molecule has 1 amide bonds. The summed E-state index contributed by atoms with van der Waals surface area (Å²) in [6, 6.07) is 3.94. The number of hydrogen-bond donors (Lipinski definition) is 2. The van der Waals surface area contributed by atoms with Crippen LogP contribution in [0.1, 0.15) is 83.7 Å². The molecule has 0 saturated heterocycles. The highest BCUT2D eigenvalue weighted by Gasteiger charge is 2.24. The summed E-state index contributed by atoms with van der Waals surface area (Å²) in [5.74, 6) is -0.549. The summed E-state index contributed by atoms with van der Waals surface area (Å²) < 4.78 is 2.17. The third-order valence-corrected chi connectivity index (χ3v) is 5.40. The molecule has 2 heterocycles. The van der Waals surface area contributed by atoms with Crippen molar-refractivity contribution in [2.24, 2.45) is 0 Å². The summed E-state index contributed by atoms with van der Waals surface area (Å²) in [5, 5.41) is 8.65. The fraction of sp³-hybridized carbons (Fsp3) is 0.583. The van der Waals surface area contributed by atoms with E-state index >= 15 is 0 Å². The van der Waals surface area contributed by atoms with Gasteiger partial charge in [0, 0.05) is 24.2 Å². The van der Waals surface area contributed by atoms with Crippen molar-refractivity contribution in [3.8, 4) is 0 Å². The molecule has 166 valence electrons. The summed E-state index contributed by atoms with van der Waals surface area (Å²) in [7, 11) is 0. The number of carbonyl (C=O) groups excluding carboxylic acids is 1.